The summed E-state index contributed by atoms with van der Waals surface area (Å²) in [6.07, 6.45) is 4.59. The number of carbonyl (C=O) groups is 1. The van der Waals surface area contributed by atoms with E-state index in [1.54, 1.807) is 0 Å². The summed E-state index contributed by atoms with van der Waals surface area (Å²) >= 11 is 6.34. The van der Waals surface area contributed by atoms with Gasteiger partial charge in [0.2, 0.25) is 5.91 Å². The molecule has 0 unspecified atom stereocenters. The Morgan fingerprint density at radius 1 is 0.964 bits per heavy atom. The lowest BCUT2D eigenvalue weighted by Crippen LogP contribution is -2.30. The fourth-order valence-corrected chi connectivity index (χ4v) is 3.47. The highest BCUT2D eigenvalue weighted by atomic mass is 35.5. The Bertz CT molecular complexity index is 888. The standard InChI is InChI=1S/C24H27ClN2O/c1-2-3-15-24(28)27(17-20-10-5-4-6-11-20)19-22-13-9-16-26(22)18-21-12-7-8-14-23(21)25/h4-14,16H,2-3,15,17-19H2,1H3. The Morgan fingerprint density at radius 2 is 1.71 bits per heavy atom. The van der Waals surface area contributed by atoms with Crippen molar-refractivity contribution in [1.82, 2.24) is 9.47 Å². The molecule has 0 N–H and O–H groups in total. The number of hydrogen-bond donors (Lipinski definition) is 0. The second-order valence-corrected chi connectivity index (χ2v) is 7.46. The Hall–Kier alpha value is -2.52. The first-order valence-electron chi connectivity index (χ1n) is 9.86. The van der Waals surface area contributed by atoms with Gasteiger partial charge in [-0.05, 0) is 35.7 Å². The number of carbonyl (C=O) groups excluding carboxylic acids is 1. The van der Waals surface area contributed by atoms with Crippen molar-refractivity contribution < 1.29 is 4.79 Å². The minimum absolute atomic E-state index is 0.205. The van der Waals surface area contributed by atoms with E-state index in [9.17, 15) is 4.79 Å². The van der Waals surface area contributed by atoms with Crippen LogP contribution >= 0.6 is 11.6 Å². The summed E-state index contributed by atoms with van der Waals surface area (Å²) in [6, 6.07) is 22.2. The maximum absolute atomic E-state index is 12.9. The molecule has 1 aromatic heterocycles. The molecule has 0 aliphatic carbocycles. The molecule has 0 aliphatic rings. The van der Waals surface area contributed by atoms with E-state index in [2.05, 4.69) is 35.9 Å². The highest BCUT2D eigenvalue weighted by molar-refractivity contribution is 6.31. The van der Waals surface area contributed by atoms with E-state index in [1.807, 2.05) is 53.4 Å². The smallest absolute Gasteiger partial charge is 0.223 e. The van der Waals surface area contributed by atoms with Crippen molar-refractivity contribution in [3.63, 3.8) is 0 Å². The molecule has 4 heteroatoms. The predicted octanol–water partition coefficient (Wildman–Crippen LogP) is 5.91. The minimum Gasteiger partial charge on any atom is -0.345 e. The van der Waals surface area contributed by atoms with Crippen LogP contribution in [0.2, 0.25) is 5.02 Å². The monoisotopic (exact) mass is 394 g/mol. The molecule has 3 nitrogen and oxygen atoms in total. The van der Waals surface area contributed by atoms with Gasteiger partial charge >= 0.3 is 0 Å². The van der Waals surface area contributed by atoms with Gasteiger partial charge in [0.05, 0.1) is 6.54 Å². The molecule has 0 atom stereocenters. The van der Waals surface area contributed by atoms with Crippen molar-refractivity contribution >= 4 is 17.5 Å². The molecular formula is C24H27ClN2O. The van der Waals surface area contributed by atoms with Crippen LogP contribution in [0.3, 0.4) is 0 Å². The van der Waals surface area contributed by atoms with Gasteiger partial charge in [-0.25, -0.2) is 0 Å². The SMILES string of the molecule is CCCCC(=O)N(Cc1ccccc1)Cc1cccn1Cc1ccccc1Cl. The molecule has 0 fully saturated rings. The van der Waals surface area contributed by atoms with Crippen LogP contribution in [-0.2, 0) is 24.4 Å². The van der Waals surface area contributed by atoms with Crippen LogP contribution in [0, 0.1) is 0 Å². The quantitative estimate of drug-likeness (QED) is 0.443. The Morgan fingerprint density at radius 3 is 2.46 bits per heavy atom. The number of halogens is 1. The molecule has 0 aliphatic heterocycles. The summed E-state index contributed by atoms with van der Waals surface area (Å²) in [5.74, 6) is 0.205. The predicted molar refractivity (Wildman–Crippen MR) is 115 cm³/mol. The van der Waals surface area contributed by atoms with E-state index in [0.717, 1.165) is 34.7 Å². The molecule has 146 valence electrons. The highest BCUT2D eigenvalue weighted by Crippen LogP contribution is 2.19. The summed E-state index contributed by atoms with van der Waals surface area (Å²) in [5.41, 5.74) is 3.34. The van der Waals surface area contributed by atoms with Gasteiger partial charge in [0.25, 0.3) is 0 Å². The van der Waals surface area contributed by atoms with Crippen LogP contribution in [0.15, 0.2) is 72.9 Å². The molecule has 0 radical (unpaired) electrons. The number of rotatable bonds is 9. The summed E-state index contributed by atoms with van der Waals surface area (Å²) in [7, 11) is 0. The van der Waals surface area contributed by atoms with Crippen LogP contribution in [-0.4, -0.2) is 15.4 Å². The minimum atomic E-state index is 0.205. The molecule has 1 amide bonds. The third-order valence-electron chi connectivity index (χ3n) is 4.89. The molecule has 0 saturated heterocycles. The first kappa shape index (κ1) is 20.2. The zero-order chi connectivity index (χ0) is 19.8. The van der Waals surface area contributed by atoms with E-state index in [4.69, 9.17) is 11.6 Å². The largest absolute Gasteiger partial charge is 0.345 e. The maximum atomic E-state index is 12.9. The van der Waals surface area contributed by atoms with Crippen molar-refractivity contribution in [2.45, 2.75) is 45.8 Å². The number of benzene rings is 2. The average Bonchev–Trinajstić information content (AvgIpc) is 3.15. The third-order valence-corrected chi connectivity index (χ3v) is 5.26. The van der Waals surface area contributed by atoms with Gasteiger partial charge in [0.1, 0.15) is 0 Å². The van der Waals surface area contributed by atoms with Crippen molar-refractivity contribution in [2.24, 2.45) is 0 Å². The van der Waals surface area contributed by atoms with Crippen LogP contribution in [0.25, 0.3) is 0 Å². The van der Waals surface area contributed by atoms with E-state index < -0.39 is 0 Å². The van der Waals surface area contributed by atoms with E-state index in [0.29, 0.717) is 26.1 Å². The molecule has 0 spiro atoms. The normalized spacial score (nSPS) is 10.8. The second kappa shape index (κ2) is 10.1. The molecule has 28 heavy (non-hydrogen) atoms. The fourth-order valence-electron chi connectivity index (χ4n) is 3.28. The Kier molecular flexibility index (Phi) is 7.32. The summed E-state index contributed by atoms with van der Waals surface area (Å²) in [6.45, 7) is 4.03. The number of hydrogen-bond acceptors (Lipinski definition) is 1. The summed E-state index contributed by atoms with van der Waals surface area (Å²) in [5, 5.41) is 0.766. The van der Waals surface area contributed by atoms with Crippen molar-refractivity contribution in [1.29, 1.82) is 0 Å². The first-order chi connectivity index (χ1) is 13.7. The molecule has 3 rings (SSSR count). The third kappa shape index (κ3) is 5.49. The van der Waals surface area contributed by atoms with Gasteiger partial charge in [0, 0.05) is 36.4 Å². The van der Waals surface area contributed by atoms with Crippen LogP contribution in [0.5, 0.6) is 0 Å². The van der Waals surface area contributed by atoms with Gasteiger partial charge in [-0.3, -0.25) is 4.79 Å². The molecule has 1 heterocycles. The van der Waals surface area contributed by atoms with Crippen molar-refractivity contribution in [3.8, 4) is 0 Å². The summed E-state index contributed by atoms with van der Waals surface area (Å²) < 4.78 is 2.17. The Balaban J connectivity index is 1.78. The molecule has 0 bridgehead atoms. The number of nitrogens with zero attached hydrogens (tertiary/aromatic N) is 2. The number of amides is 1. The molecule has 2 aromatic carbocycles. The van der Waals surface area contributed by atoms with Crippen molar-refractivity contribution in [2.75, 3.05) is 0 Å². The van der Waals surface area contributed by atoms with Gasteiger partial charge in [-0.1, -0.05) is 73.5 Å². The lowest BCUT2D eigenvalue weighted by molar-refractivity contribution is -0.132. The van der Waals surface area contributed by atoms with Gasteiger partial charge in [-0.2, -0.15) is 0 Å². The first-order valence-corrected chi connectivity index (χ1v) is 10.2. The van der Waals surface area contributed by atoms with Gasteiger partial charge < -0.3 is 9.47 Å². The lowest BCUT2D eigenvalue weighted by Gasteiger charge is -2.24. The maximum Gasteiger partial charge on any atom is 0.223 e. The van der Waals surface area contributed by atoms with Crippen molar-refractivity contribution in [3.05, 3.63) is 94.8 Å². The van der Waals surface area contributed by atoms with E-state index in [1.165, 1.54) is 0 Å². The number of unbranched alkanes of at least 4 members (excludes halogenated alkanes) is 1. The highest BCUT2D eigenvalue weighted by Gasteiger charge is 2.16. The second-order valence-electron chi connectivity index (χ2n) is 7.06. The molecular weight excluding hydrogens is 368 g/mol. The zero-order valence-corrected chi connectivity index (χ0v) is 17.1. The van der Waals surface area contributed by atoms with Crippen LogP contribution in [0.1, 0.15) is 43.0 Å². The Labute approximate surface area is 172 Å². The lowest BCUT2D eigenvalue weighted by atomic mass is 10.1. The van der Waals surface area contributed by atoms with Crippen LogP contribution < -0.4 is 0 Å². The molecule has 3 aromatic rings. The number of aromatic nitrogens is 1. The van der Waals surface area contributed by atoms with Gasteiger partial charge in [-0.15, -0.1) is 0 Å². The topological polar surface area (TPSA) is 25.2 Å². The molecule has 0 saturated carbocycles. The zero-order valence-electron chi connectivity index (χ0n) is 16.4. The summed E-state index contributed by atoms with van der Waals surface area (Å²) in [4.78, 5) is 14.8. The van der Waals surface area contributed by atoms with Crippen LogP contribution in [0.4, 0.5) is 0 Å². The van der Waals surface area contributed by atoms with E-state index in [-0.39, 0.29) is 5.91 Å². The fraction of sp³-hybridized carbons (Fsp3) is 0.292. The average molecular weight is 395 g/mol. The van der Waals surface area contributed by atoms with E-state index >= 15 is 0 Å². The van der Waals surface area contributed by atoms with Gasteiger partial charge in [0.15, 0.2) is 0 Å².